The summed E-state index contributed by atoms with van der Waals surface area (Å²) in [5.74, 6) is -0.822. The van der Waals surface area contributed by atoms with Crippen LogP contribution in [0.15, 0.2) is 41.5 Å². The van der Waals surface area contributed by atoms with Crippen molar-refractivity contribution in [1.82, 2.24) is 9.88 Å². The first-order valence-electron chi connectivity index (χ1n) is 9.54. The molecular weight excluding hydrogens is 401 g/mol. The second-order valence-corrected chi connectivity index (χ2v) is 7.46. The number of halogens is 1. The number of aliphatic imine (C=N–C) groups is 1. The summed E-state index contributed by atoms with van der Waals surface area (Å²) in [5.41, 5.74) is 11.7. The summed E-state index contributed by atoms with van der Waals surface area (Å²) in [6.45, 7) is 5.17. The van der Waals surface area contributed by atoms with Crippen LogP contribution < -0.4 is 16.2 Å². The SMILES string of the molecule is C.CC(C)C(N)=NC(=O)CN1CC(Oc2ccc(-c3ccc(C(N)=O)c(F)c3)nc2)C1. The molecule has 1 fully saturated rings. The van der Waals surface area contributed by atoms with E-state index in [1.54, 1.807) is 24.4 Å². The fourth-order valence-corrected chi connectivity index (χ4v) is 2.91. The van der Waals surface area contributed by atoms with Crippen LogP contribution in [-0.2, 0) is 4.79 Å². The molecule has 1 aromatic heterocycles. The van der Waals surface area contributed by atoms with Crippen molar-refractivity contribution in [2.45, 2.75) is 27.4 Å². The Hall–Kier alpha value is -3.33. The lowest BCUT2D eigenvalue weighted by molar-refractivity contribution is -0.121. The Morgan fingerprint density at radius 2 is 1.97 bits per heavy atom. The number of aromatic nitrogens is 1. The van der Waals surface area contributed by atoms with Crippen LogP contribution in [0.1, 0.15) is 31.6 Å². The van der Waals surface area contributed by atoms with E-state index in [1.807, 2.05) is 18.7 Å². The van der Waals surface area contributed by atoms with E-state index >= 15 is 0 Å². The fraction of sp³-hybridized carbons (Fsp3) is 0.364. The van der Waals surface area contributed by atoms with Crippen LogP contribution in [0.2, 0.25) is 0 Å². The molecule has 0 atom stereocenters. The summed E-state index contributed by atoms with van der Waals surface area (Å²) >= 11 is 0. The molecule has 166 valence electrons. The summed E-state index contributed by atoms with van der Waals surface area (Å²) in [6, 6.07) is 7.59. The number of nitrogens with two attached hydrogens (primary N) is 2. The second kappa shape index (κ2) is 10.1. The molecule has 31 heavy (non-hydrogen) atoms. The van der Waals surface area contributed by atoms with Crippen LogP contribution in [0.3, 0.4) is 0 Å². The van der Waals surface area contributed by atoms with Crippen LogP contribution in [0.25, 0.3) is 11.3 Å². The molecule has 0 aliphatic carbocycles. The molecule has 1 aromatic carbocycles. The van der Waals surface area contributed by atoms with Crippen LogP contribution in [0, 0.1) is 11.7 Å². The van der Waals surface area contributed by atoms with Gasteiger partial charge in [-0.3, -0.25) is 19.5 Å². The zero-order chi connectivity index (χ0) is 21.8. The van der Waals surface area contributed by atoms with Gasteiger partial charge >= 0.3 is 0 Å². The third-order valence-corrected chi connectivity index (χ3v) is 4.70. The van der Waals surface area contributed by atoms with E-state index in [1.165, 1.54) is 12.1 Å². The number of hydrogen-bond donors (Lipinski definition) is 2. The number of pyridine rings is 1. The van der Waals surface area contributed by atoms with E-state index in [2.05, 4.69) is 9.98 Å². The van der Waals surface area contributed by atoms with E-state index in [9.17, 15) is 14.0 Å². The topological polar surface area (TPSA) is 124 Å². The molecule has 4 N–H and O–H groups in total. The van der Waals surface area contributed by atoms with Crippen LogP contribution in [-0.4, -0.2) is 53.3 Å². The van der Waals surface area contributed by atoms with Gasteiger partial charge in [0.2, 0.25) is 0 Å². The number of carbonyl (C=O) groups is 2. The highest BCUT2D eigenvalue weighted by Gasteiger charge is 2.30. The van der Waals surface area contributed by atoms with Crippen LogP contribution in [0.4, 0.5) is 4.39 Å². The van der Waals surface area contributed by atoms with Gasteiger partial charge in [-0.05, 0) is 24.3 Å². The summed E-state index contributed by atoms with van der Waals surface area (Å²) < 4.78 is 19.8. The van der Waals surface area contributed by atoms with E-state index in [-0.39, 0.29) is 37.5 Å². The number of hydrogen-bond acceptors (Lipinski definition) is 5. The maximum Gasteiger partial charge on any atom is 0.261 e. The lowest BCUT2D eigenvalue weighted by atomic mass is 10.1. The van der Waals surface area contributed by atoms with Gasteiger partial charge in [-0.25, -0.2) is 4.39 Å². The smallest absolute Gasteiger partial charge is 0.261 e. The lowest BCUT2D eigenvalue weighted by Crippen LogP contribution is -2.55. The molecule has 1 aliphatic heterocycles. The van der Waals surface area contributed by atoms with Gasteiger partial charge in [-0.1, -0.05) is 27.3 Å². The van der Waals surface area contributed by atoms with Gasteiger partial charge in [-0.2, -0.15) is 4.99 Å². The number of primary amides is 1. The minimum absolute atomic E-state index is 0. The Morgan fingerprint density at radius 1 is 1.26 bits per heavy atom. The summed E-state index contributed by atoms with van der Waals surface area (Å²) in [6.07, 6.45) is 1.50. The standard InChI is InChI=1S/C21H24FN5O3.CH4/c1-12(2)20(23)26-19(28)11-27-9-15(10-27)30-14-4-6-18(25-8-14)13-3-5-16(21(24)29)17(22)7-13;/h3-8,12,15H,9-11H2,1-2H3,(H2,24,29)(H2,23,26,28);1H4. The highest BCUT2D eigenvalue weighted by atomic mass is 19.1. The van der Waals surface area contributed by atoms with Crippen molar-refractivity contribution >= 4 is 17.6 Å². The Kier molecular flexibility index (Phi) is 7.82. The molecule has 2 aromatic rings. The summed E-state index contributed by atoms with van der Waals surface area (Å²) in [7, 11) is 0. The zero-order valence-corrected chi connectivity index (χ0v) is 16.8. The number of carbonyl (C=O) groups excluding carboxylic acids is 2. The van der Waals surface area contributed by atoms with Gasteiger partial charge in [0.1, 0.15) is 23.5 Å². The molecule has 3 rings (SSSR count). The van der Waals surface area contributed by atoms with Crippen molar-refractivity contribution < 1.29 is 18.7 Å². The molecule has 0 saturated carbocycles. The number of rotatable bonds is 7. The first-order valence-corrected chi connectivity index (χ1v) is 9.54. The minimum atomic E-state index is -0.817. The molecule has 0 unspecified atom stereocenters. The molecule has 2 amide bonds. The second-order valence-electron chi connectivity index (χ2n) is 7.46. The third kappa shape index (κ3) is 6.08. The van der Waals surface area contributed by atoms with Crippen LogP contribution in [0.5, 0.6) is 5.75 Å². The molecule has 0 bridgehead atoms. The number of likely N-dealkylation sites (tertiary alicyclic amines) is 1. The number of nitrogens with zero attached hydrogens (tertiary/aromatic N) is 3. The minimum Gasteiger partial charge on any atom is -0.486 e. The average Bonchev–Trinajstić information content (AvgIpc) is 2.66. The van der Waals surface area contributed by atoms with Crippen molar-refractivity contribution in [3.05, 3.63) is 47.9 Å². The van der Waals surface area contributed by atoms with Crippen molar-refractivity contribution in [2.75, 3.05) is 19.6 Å². The number of ether oxygens (including phenoxy) is 1. The van der Waals surface area contributed by atoms with Crippen molar-refractivity contribution in [2.24, 2.45) is 22.4 Å². The largest absolute Gasteiger partial charge is 0.486 e. The molecular formula is C22H28FN5O3. The monoisotopic (exact) mass is 429 g/mol. The van der Waals surface area contributed by atoms with Gasteiger partial charge in [0.15, 0.2) is 0 Å². The molecule has 0 spiro atoms. The fourth-order valence-electron chi connectivity index (χ4n) is 2.91. The van der Waals surface area contributed by atoms with Gasteiger partial charge in [-0.15, -0.1) is 0 Å². The molecule has 1 saturated heterocycles. The van der Waals surface area contributed by atoms with Crippen molar-refractivity contribution in [3.63, 3.8) is 0 Å². The van der Waals surface area contributed by atoms with Gasteiger partial charge < -0.3 is 16.2 Å². The van der Waals surface area contributed by atoms with Crippen LogP contribution >= 0.6 is 0 Å². The Morgan fingerprint density at radius 3 is 2.52 bits per heavy atom. The van der Waals surface area contributed by atoms with E-state index in [4.69, 9.17) is 16.2 Å². The highest BCUT2D eigenvalue weighted by molar-refractivity contribution is 5.95. The molecule has 2 heterocycles. The number of amidine groups is 1. The van der Waals surface area contributed by atoms with Gasteiger partial charge in [0.25, 0.3) is 11.8 Å². The number of amides is 2. The Bertz CT molecular complexity index is 970. The quantitative estimate of drug-likeness (QED) is 0.514. The van der Waals surface area contributed by atoms with E-state index in [0.29, 0.717) is 35.9 Å². The first-order chi connectivity index (χ1) is 14.2. The predicted octanol–water partition coefficient (Wildman–Crippen LogP) is 2.23. The lowest BCUT2D eigenvalue weighted by Gasteiger charge is -2.38. The van der Waals surface area contributed by atoms with Crippen molar-refractivity contribution in [1.29, 1.82) is 0 Å². The number of benzene rings is 1. The van der Waals surface area contributed by atoms with Crippen molar-refractivity contribution in [3.8, 4) is 17.0 Å². The Balaban J connectivity index is 0.00000341. The highest BCUT2D eigenvalue weighted by Crippen LogP contribution is 2.23. The Labute approximate surface area is 181 Å². The normalized spacial score (nSPS) is 14.6. The molecule has 0 radical (unpaired) electrons. The zero-order valence-electron chi connectivity index (χ0n) is 16.8. The summed E-state index contributed by atoms with van der Waals surface area (Å²) in [5, 5.41) is 0. The van der Waals surface area contributed by atoms with E-state index < -0.39 is 11.7 Å². The van der Waals surface area contributed by atoms with Gasteiger partial charge in [0.05, 0.1) is 24.0 Å². The van der Waals surface area contributed by atoms with E-state index in [0.717, 1.165) is 0 Å². The third-order valence-electron chi connectivity index (χ3n) is 4.70. The predicted molar refractivity (Wildman–Crippen MR) is 117 cm³/mol. The van der Waals surface area contributed by atoms with Gasteiger partial charge in [0, 0.05) is 24.6 Å². The summed E-state index contributed by atoms with van der Waals surface area (Å²) in [4.78, 5) is 33.1. The average molecular weight is 429 g/mol. The molecule has 9 heteroatoms. The molecule has 8 nitrogen and oxygen atoms in total. The molecule has 1 aliphatic rings. The maximum absolute atomic E-state index is 13.9. The first kappa shape index (κ1) is 23.9. The maximum atomic E-state index is 13.9.